The molecule has 1 atom stereocenters. The number of hydrogen-bond acceptors (Lipinski definition) is 2. The Morgan fingerprint density at radius 1 is 1.25 bits per heavy atom. The Balaban J connectivity index is 2.30. The van der Waals surface area contributed by atoms with E-state index in [9.17, 15) is 8.78 Å². The molecule has 1 nitrogen and oxygen atoms in total. The fraction of sp³-hybridized carbons (Fsp3) is 0.286. The van der Waals surface area contributed by atoms with Gasteiger partial charge in [0.25, 0.3) is 0 Å². The summed E-state index contributed by atoms with van der Waals surface area (Å²) in [4.78, 5) is 1.04. The SMILES string of the molecule is CCNC(Cc1c(F)cccc1F)c1cc(Br)c(Br)s1. The molecule has 0 aliphatic rings. The number of benzene rings is 1. The van der Waals surface area contributed by atoms with Gasteiger partial charge in [0.2, 0.25) is 0 Å². The van der Waals surface area contributed by atoms with Crippen LogP contribution in [-0.2, 0) is 6.42 Å². The van der Waals surface area contributed by atoms with Crippen LogP contribution >= 0.6 is 43.2 Å². The van der Waals surface area contributed by atoms with Crippen LogP contribution in [0.15, 0.2) is 32.5 Å². The molecule has 1 aromatic heterocycles. The molecule has 0 amide bonds. The monoisotopic (exact) mass is 423 g/mol. The van der Waals surface area contributed by atoms with Gasteiger partial charge >= 0.3 is 0 Å². The van der Waals surface area contributed by atoms with Crippen LogP contribution in [0.25, 0.3) is 0 Å². The van der Waals surface area contributed by atoms with Crippen molar-refractivity contribution in [3.05, 3.63) is 54.6 Å². The Hall–Kier alpha value is -0.300. The molecule has 0 spiro atoms. The average Bonchev–Trinajstić information content (AvgIpc) is 2.73. The van der Waals surface area contributed by atoms with Crippen LogP contribution in [0.4, 0.5) is 8.78 Å². The van der Waals surface area contributed by atoms with Crippen molar-refractivity contribution < 1.29 is 8.78 Å². The predicted molar refractivity (Wildman–Crippen MR) is 86.2 cm³/mol. The van der Waals surface area contributed by atoms with Crippen LogP contribution in [0.1, 0.15) is 23.4 Å². The molecule has 0 aliphatic carbocycles. The minimum atomic E-state index is -0.498. The molecule has 0 radical (unpaired) electrons. The van der Waals surface area contributed by atoms with Gasteiger partial charge in [-0.2, -0.15) is 0 Å². The van der Waals surface area contributed by atoms with E-state index in [1.54, 1.807) is 11.3 Å². The van der Waals surface area contributed by atoms with E-state index in [-0.39, 0.29) is 18.0 Å². The Bertz CT molecular complexity index is 561. The van der Waals surface area contributed by atoms with Crippen LogP contribution in [-0.4, -0.2) is 6.54 Å². The summed E-state index contributed by atoms with van der Waals surface area (Å²) in [6.07, 6.45) is 0.283. The van der Waals surface area contributed by atoms with E-state index in [2.05, 4.69) is 37.2 Å². The second-order valence-corrected chi connectivity index (χ2v) is 7.54. The fourth-order valence-electron chi connectivity index (χ4n) is 1.99. The highest BCUT2D eigenvalue weighted by atomic mass is 79.9. The molecule has 0 fully saturated rings. The first-order valence-corrected chi connectivity index (χ1v) is 8.54. The van der Waals surface area contributed by atoms with Gasteiger partial charge < -0.3 is 5.32 Å². The molecule has 6 heteroatoms. The summed E-state index contributed by atoms with van der Waals surface area (Å²) in [6, 6.07) is 5.83. The third kappa shape index (κ3) is 3.67. The first kappa shape index (κ1) is 16.1. The van der Waals surface area contributed by atoms with E-state index < -0.39 is 11.6 Å². The summed E-state index contributed by atoms with van der Waals surface area (Å²) < 4.78 is 29.5. The molecule has 0 saturated carbocycles. The van der Waals surface area contributed by atoms with Crippen LogP contribution in [0.2, 0.25) is 0 Å². The lowest BCUT2D eigenvalue weighted by molar-refractivity contribution is 0.503. The Morgan fingerprint density at radius 2 is 1.90 bits per heavy atom. The summed E-state index contributed by atoms with van der Waals surface area (Å²) in [6.45, 7) is 2.70. The quantitative estimate of drug-likeness (QED) is 0.673. The van der Waals surface area contributed by atoms with Crippen molar-refractivity contribution in [3.8, 4) is 0 Å². The number of halogens is 4. The van der Waals surface area contributed by atoms with Crippen molar-refractivity contribution in [3.63, 3.8) is 0 Å². The van der Waals surface area contributed by atoms with Gasteiger partial charge in [0.05, 0.1) is 3.79 Å². The van der Waals surface area contributed by atoms with Crippen molar-refractivity contribution in [2.24, 2.45) is 0 Å². The Kier molecular flexibility index (Phi) is 5.72. The van der Waals surface area contributed by atoms with Crippen LogP contribution in [0.5, 0.6) is 0 Å². The molecule has 1 unspecified atom stereocenters. The minimum Gasteiger partial charge on any atom is -0.309 e. The molecule has 2 aromatic rings. The highest BCUT2D eigenvalue weighted by molar-refractivity contribution is 9.13. The zero-order valence-corrected chi connectivity index (χ0v) is 14.7. The van der Waals surface area contributed by atoms with Gasteiger partial charge in [0.15, 0.2) is 0 Å². The maximum atomic E-state index is 13.8. The van der Waals surface area contributed by atoms with Gasteiger partial charge in [-0.15, -0.1) is 11.3 Å². The molecule has 0 bridgehead atoms. The molecule has 1 aromatic carbocycles. The first-order valence-electron chi connectivity index (χ1n) is 6.14. The van der Waals surface area contributed by atoms with E-state index in [0.717, 1.165) is 19.7 Å². The normalized spacial score (nSPS) is 12.7. The molecule has 1 N–H and O–H groups in total. The van der Waals surface area contributed by atoms with Crippen molar-refractivity contribution in [1.82, 2.24) is 5.32 Å². The molecule has 1 heterocycles. The van der Waals surface area contributed by atoms with Crippen LogP contribution in [0.3, 0.4) is 0 Å². The van der Waals surface area contributed by atoms with E-state index in [4.69, 9.17) is 0 Å². The van der Waals surface area contributed by atoms with E-state index in [0.29, 0.717) is 0 Å². The van der Waals surface area contributed by atoms with Gasteiger partial charge in [-0.25, -0.2) is 8.78 Å². The summed E-state index contributed by atoms with van der Waals surface area (Å²) >= 11 is 8.44. The number of nitrogens with one attached hydrogen (secondary N) is 1. The number of rotatable bonds is 5. The van der Waals surface area contributed by atoms with Crippen molar-refractivity contribution in [1.29, 1.82) is 0 Å². The van der Waals surface area contributed by atoms with Crippen molar-refractivity contribution in [2.45, 2.75) is 19.4 Å². The van der Waals surface area contributed by atoms with Crippen LogP contribution in [0, 0.1) is 11.6 Å². The third-order valence-electron chi connectivity index (χ3n) is 2.93. The van der Waals surface area contributed by atoms with Gasteiger partial charge in [-0.1, -0.05) is 13.0 Å². The summed E-state index contributed by atoms with van der Waals surface area (Å²) in [5, 5.41) is 3.28. The Morgan fingerprint density at radius 3 is 2.40 bits per heavy atom. The van der Waals surface area contributed by atoms with Gasteiger partial charge in [-0.05, 0) is 63.0 Å². The first-order chi connectivity index (χ1) is 9.52. The maximum Gasteiger partial charge on any atom is 0.129 e. The predicted octanol–water partition coefficient (Wildman–Crippen LogP) is 5.44. The summed E-state index contributed by atoms with van der Waals surface area (Å²) in [5.41, 5.74) is 0.124. The van der Waals surface area contributed by atoms with Crippen LogP contribution < -0.4 is 5.32 Å². The van der Waals surface area contributed by atoms with Gasteiger partial charge in [0, 0.05) is 21.0 Å². The molecule has 0 saturated heterocycles. The van der Waals surface area contributed by atoms with Gasteiger partial charge in [0.1, 0.15) is 11.6 Å². The molecular weight excluding hydrogens is 412 g/mol. The smallest absolute Gasteiger partial charge is 0.129 e. The number of hydrogen-bond donors (Lipinski definition) is 1. The second kappa shape index (κ2) is 7.11. The summed E-state index contributed by atoms with van der Waals surface area (Å²) in [5.74, 6) is -0.995. The zero-order chi connectivity index (χ0) is 14.7. The maximum absolute atomic E-state index is 13.8. The van der Waals surface area contributed by atoms with E-state index >= 15 is 0 Å². The Labute approximate surface area is 137 Å². The molecule has 20 heavy (non-hydrogen) atoms. The van der Waals surface area contributed by atoms with Crippen molar-refractivity contribution >= 4 is 43.2 Å². The minimum absolute atomic E-state index is 0.112. The van der Waals surface area contributed by atoms with Gasteiger partial charge in [-0.3, -0.25) is 0 Å². The lowest BCUT2D eigenvalue weighted by atomic mass is 10.0. The lowest BCUT2D eigenvalue weighted by Crippen LogP contribution is -2.23. The standard InChI is InChI=1S/C14H13Br2F2NS/c1-2-19-12(13-7-9(15)14(16)20-13)6-8-10(17)4-3-5-11(8)18/h3-5,7,12,19H,2,6H2,1H3. The number of thiophene rings is 1. The third-order valence-corrected chi connectivity index (χ3v) is 6.30. The molecule has 0 aliphatic heterocycles. The largest absolute Gasteiger partial charge is 0.309 e. The molecule has 2 rings (SSSR count). The lowest BCUT2D eigenvalue weighted by Gasteiger charge is -2.17. The average molecular weight is 425 g/mol. The highest BCUT2D eigenvalue weighted by Crippen LogP contribution is 2.36. The second-order valence-electron chi connectivity index (χ2n) is 4.29. The summed E-state index contributed by atoms with van der Waals surface area (Å²) in [7, 11) is 0. The van der Waals surface area contributed by atoms with Crippen molar-refractivity contribution in [2.75, 3.05) is 6.54 Å². The molecular formula is C14H13Br2F2NS. The molecule has 108 valence electrons. The highest BCUT2D eigenvalue weighted by Gasteiger charge is 2.19. The van der Waals surface area contributed by atoms with E-state index in [1.165, 1.54) is 18.2 Å². The van der Waals surface area contributed by atoms with E-state index in [1.807, 2.05) is 13.0 Å². The topological polar surface area (TPSA) is 12.0 Å². The number of likely N-dealkylation sites (N-methyl/N-ethyl adjacent to an activating group) is 1. The zero-order valence-electron chi connectivity index (χ0n) is 10.7. The fourth-order valence-corrected chi connectivity index (χ4v) is 4.15.